The average molecular weight is 385 g/mol. The first-order valence-corrected chi connectivity index (χ1v) is 9.86. The van der Waals surface area contributed by atoms with E-state index in [9.17, 15) is 4.79 Å². The lowest BCUT2D eigenvalue weighted by atomic mass is 10.0. The summed E-state index contributed by atoms with van der Waals surface area (Å²) < 4.78 is 10.9. The second-order valence-corrected chi connectivity index (χ2v) is 7.58. The van der Waals surface area contributed by atoms with Crippen LogP contribution in [0.4, 0.5) is 0 Å². The van der Waals surface area contributed by atoms with Gasteiger partial charge in [-0.15, -0.1) is 10.2 Å². The third-order valence-electron chi connectivity index (χ3n) is 4.24. The number of aromatic nitrogens is 2. The second-order valence-electron chi connectivity index (χ2n) is 6.28. The molecule has 0 bridgehead atoms. The first kappa shape index (κ1) is 19.2. The molecule has 0 fully saturated rings. The highest BCUT2D eigenvalue weighted by molar-refractivity contribution is 8.00. The van der Waals surface area contributed by atoms with Crippen LogP contribution in [0, 0.1) is 6.92 Å². The summed E-state index contributed by atoms with van der Waals surface area (Å²) in [7, 11) is 0. The minimum Gasteiger partial charge on any atom is -0.469 e. The largest absolute Gasteiger partial charge is 0.469 e. The molecule has 1 amide bonds. The highest BCUT2D eigenvalue weighted by atomic mass is 32.2. The van der Waals surface area contributed by atoms with Crippen LogP contribution in [0.15, 0.2) is 56.7 Å². The number of benzene rings is 1. The zero-order valence-corrected chi connectivity index (χ0v) is 16.5. The number of nitrogens with zero attached hydrogens (tertiary/aromatic N) is 2. The zero-order chi connectivity index (χ0) is 19.2. The van der Waals surface area contributed by atoms with Crippen LogP contribution in [0.5, 0.6) is 0 Å². The monoisotopic (exact) mass is 385 g/mol. The molecule has 0 radical (unpaired) electrons. The van der Waals surface area contributed by atoms with Crippen molar-refractivity contribution in [1.82, 2.24) is 15.5 Å². The van der Waals surface area contributed by atoms with Crippen LogP contribution in [-0.2, 0) is 4.79 Å². The summed E-state index contributed by atoms with van der Waals surface area (Å²) >= 11 is 1.25. The van der Waals surface area contributed by atoms with E-state index in [1.165, 1.54) is 11.8 Å². The number of amides is 1. The summed E-state index contributed by atoms with van der Waals surface area (Å²) in [5.74, 6) is 1.05. The van der Waals surface area contributed by atoms with Crippen LogP contribution in [0.1, 0.15) is 44.1 Å². The number of rotatable bonds is 8. The van der Waals surface area contributed by atoms with Gasteiger partial charge in [0.15, 0.2) is 0 Å². The lowest BCUT2D eigenvalue weighted by molar-refractivity contribution is -0.121. The van der Waals surface area contributed by atoms with E-state index in [1.54, 1.807) is 12.3 Å². The number of hydrogen-bond donors (Lipinski definition) is 1. The molecule has 142 valence electrons. The molecule has 0 aliphatic heterocycles. The van der Waals surface area contributed by atoms with Crippen molar-refractivity contribution in [2.45, 2.75) is 50.1 Å². The number of hydrogen-bond acceptors (Lipinski definition) is 6. The molecule has 3 aromatic rings. The highest BCUT2D eigenvalue weighted by Gasteiger charge is 2.22. The average Bonchev–Trinajstić information content (AvgIpc) is 3.30. The SMILES string of the molecule is CCCC(NC(=O)C(C)Sc1nnc(-c2ccoc2C)o1)c1ccccc1. The number of aryl methyl sites for hydroxylation is 1. The Morgan fingerprint density at radius 2 is 2.00 bits per heavy atom. The van der Waals surface area contributed by atoms with Crippen LogP contribution in [0.3, 0.4) is 0 Å². The van der Waals surface area contributed by atoms with E-state index in [1.807, 2.05) is 44.2 Å². The predicted molar refractivity (Wildman–Crippen MR) is 104 cm³/mol. The van der Waals surface area contributed by atoms with Gasteiger partial charge in [-0.3, -0.25) is 4.79 Å². The molecule has 0 aliphatic rings. The van der Waals surface area contributed by atoms with Gasteiger partial charge < -0.3 is 14.2 Å². The molecule has 2 atom stereocenters. The van der Waals surface area contributed by atoms with E-state index in [2.05, 4.69) is 22.4 Å². The Morgan fingerprint density at radius 1 is 1.22 bits per heavy atom. The summed E-state index contributed by atoms with van der Waals surface area (Å²) in [5.41, 5.74) is 1.87. The molecule has 0 saturated carbocycles. The quantitative estimate of drug-likeness (QED) is 0.562. The normalized spacial score (nSPS) is 13.3. The molecular weight excluding hydrogens is 362 g/mol. The number of carbonyl (C=O) groups excluding carboxylic acids is 1. The second kappa shape index (κ2) is 8.90. The third kappa shape index (κ3) is 4.80. The summed E-state index contributed by atoms with van der Waals surface area (Å²) in [6.45, 7) is 5.78. The summed E-state index contributed by atoms with van der Waals surface area (Å²) in [5, 5.41) is 11.2. The fourth-order valence-electron chi connectivity index (χ4n) is 2.76. The fourth-order valence-corrected chi connectivity index (χ4v) is 3.46. The lowest BCUT2D eigenvalue weighted by Gasteiger charge is -2.20. The molecule has 2 aromatic heterocycles. The van der Waals surface area contributed by atoms with E-state index >= 15 is 0 Å². The Morgan fingerprint density at radius 3 is 2.67 bits per heavy atom. The van der Waals surface area contributed by atoms with Crippen LogP contribution < -0.4 is 5.32 Å². The van der Waals surface area contributed by atoms with E-state index in [0.29, 0.717) is 16.9 Å². The molecule has 2 unspecified atom stereocenters. The first-order chi connectivity index (χ1) is 13.1. The third-order valence-corrected chi connectivity index (χ3v) is 5.17. The summed E-state index contributed by atoms with van der Waals surface area (Å²) in [6, 6.07) is 11.8. The summed E-state index contributed by atoms with van der Waals surface area (Å²) in [4.78, 5) is 12.7. The Balaban J connectivity index is 1.63. The molecular formula is C20H23N3O3S. The minimum absolute atomic E-state index is 0.00132. The topological polar surface area (TPSA) is 81.2 Å². The van der Waals surface area contributed by atoms with E-state index in [0.717, 1.165) is 24.0 Å². The highest BCUT2D eigenvalue weighted by Crippen LogP contribution is 2.29. The van der Waals surface area contributed by atoms with Crippen molar-refractivity contribution in [2.24, 2.45) is 0 Å². The van der Waals surface area contributed by atoms with Crippen molar-refractivity contribution in [3.05, 3.63) is 54.0 Å². The summed E-state index contributed by atoms with van der Waals surface area (Å²) in [6.07, 6.45) is 3.45. The van der Waals surface area contributed by atoms with Gasteiger partial charge in [0.05, 0.1) is 23.1 Å². The maximum atomic E-state index is 12.7. The Labute approximate surface area is 162 Å². The van der Waals surface area contributed by atoms with Gasteiger partial charge in [0, 0.05) is 0 Å². The zero-order valence-electron chi connectivity index (χ0n) is 15.6. The van der Waals surface area contributed by atoms with Gasteiger partial charge in [-0.2, -0.15) is 0 Å². The molecule has 1 N–H and O–H groups in total. The Bertz CT molecular complexity index is 875. The molecule has 3 rings (SSSR count). The molecule has 1 aromatic carbocycles. The van der Waals surface area contributed by atoms with Gasteiger partial charge in [-0.05, 0) is 31.9 Å². The van der Waals surface area contributed by atoms with Gasteiger partial charge in [-0.1, -0.05) is 55.4 Å². The van der Waals surface area contributed by atoms with Crippen LogP contribution >= 0.6 is 11.8 Å². The standard InChI is InChI=1S/C20H23N3O3S/c1-4-8-17(15-9-6-5-7-10-15)21-18(24)14(3)27-20-23-22-19(26-20)16-11-12-25-13(16)2/h5-7,9-12,14,17H,4,8H2,1-3H3,(H,21,24). The number of furan rings is 1. The molecule has 2 heterocycles. The Hall–Kier alpha value is -2.54. The van der Waals surface area contributed by atoms with Crippen molar-refractivity contribution >= 4 is 17.7 Å². The molecule has 6 nitrogen and oxygen atoms in total. The maximum Gasteiger partial charge on any atom is 0.277 e. The van der Waals surface area contributed by atoms with Crippen LogP contribution in [-0.4, -0.2) is 21.4 Å². The van der Waals surface area contributed by atoms with Crippen LogP contribution in [0.25, 0.3) is 11.5 Å². The van der Waals surface area contributed by atoms with Gasteiger partial charge in [-0.25, -0.2) is 0 Å². The van der Waals surface area contributed by atoms with E-state index < -0.39 is 0 Å². The molecule has 7 heteroatoms. The van der Waals surface area contributed by atoms with E-state index in [-0.39, 0.29) is 17.2 Å². The van der Waals surface area contributed by atoms with Crippen molar-refractivity contribution in [2.75, 3.05) is 0 Å². The van der Waals surface area contributed by atoms with Gasteiger partial charge >= 0.3 is 0 Å². The van der Waals surface area contributed by atoms with E-state index in [4.69, 9.17) is 8.83 Å². The van der Waals surface area contributed by atoms with Crippen molar-refractivity contribution < 1.29 is 13.6 Å². The minimum atomic E-state index is -0.355. The van der Waals surface area contributed by atoms with Crippen LogP contribution in [0.2, 0.25) is 0 Å². The maximum absolute atomic E-state index is 12.7. The fraction of sp³-hybridized carbons (Fsp3) is 0.350. The molecule has 0 saturated heterocycles. The Kier molecular flexibility index (Phi) is 6.34. The van der Waals surface area contributed by atoms with Crippen molar-refractivity contribution in [3.8, 4) is 11.5 Å². The van der Waals surface area contributed by atoms with Gasteiger partial charge in [0.25, 0.3) is 11.1 Å². The number of carbonyl (C=O) groups is 1. The predicted octanol–water partition coefficient (Wildman–Crippen LogP) is 4.78. The first-order valence-electron chi connectivity index (χ1n) is 8.98. The number of thioether (sulfide) groups is 1. The molecule has 27 heavy (non-hydrogen) atoms. The molecule has 0 spiro atoms. The van der Waals surface area contributed by atoms with Gasteiger partial charge in [0.2, 0.25) is 5.91 Å². The smallest absolute Gasteiger partial charge is 0.277 e. The van der Waals surface area contributed by atoms with Gasteiger partial charge in [0.1, 0.15) is 5.76 Å². The lowest BCUT2D eigenvalue weighted by Crippen LogP contribution is -2.34. The van der Waals surface area contributed by atoms with Crippen molar-refractivity contribution in [1.29, 1.82) is 0 Å². The van der Waals surface area contributed by atoms with Crippen molar-refractivity contribution in [3.63, 3.8) is 0 Å². The number of nitrogens with one attached hydrogen (secondary N) is 1. The molecule has 0 aliphatic carbocycles.